The Balaban J connectivity index is 1.63. The van der Waals surface area contributed by atoms with Crippen LogP contribution in [0, 0.1) is 19.8 Å². The number of aryl methyl sites for hydroxylation is 2. The highest BCUT2D eigenvalue weighted by Crippen LogP contribution is 2.30. The Morgan fingerprint density at radius 1 is 1.32 bits per heavy atom. The van der Waals surface area contributed by atoms with E-state index in [2.05, 4.69) is 26.8 Å². The van der Waals surface area contributed by atoms with Crippen LogP contribution in [0.2, 0.25) is 0 Å². The Bertz CT molecular complexity index is 554. The van der Waals surface area contributed by atoms with E-state index in [0.717, 1.165) is 30.3 Å². The van der Waals surface area contributed by atoms with Gasteiger partial charge in [0.2, 0.25) is 5.91 Å². The van der Waals surface area contributed by atoms with Crippen molar-refractivity contribution >= 4 is 11.7 Å². The maximum atomic E-state index is 12.3. The fraction of sp³-hybridized carbons (Fsp3) is 0.706. The molecule has 1 amide bonds. The van der Waals surface area contributed by atoms with Gasteiger partial charge in [-0.15, -0.1) is 0 Å². The Kier molecular flexibility index (Phi) is 4.32. The molecular weight excluding hydrogens is 276 g/mol. The molecule has 0 bridgehead atoms. The average Bonchev–Trinajstić information content (AvgIpc) is 3.11. The first-order chi connectivity index (χ1) is 10.5. The van der Waals surface area contributed by atoms with E-state index in [1.54, 1.807) is 6.20 Å². The number of carbonyl (C=O) groups excluding carboxylic acids is 1. The van der Waals surface area contributed by atoms with Crippen LogP contribution in [0.1, 0.15) is 43.5 Å². The fourth-order valence-electron chi connectivity index (χ4n) is 3.86. The Morgan fingerprint density at radius 3 is 2.77 bits per heavy atom. The smallest absolute Gasteiger partial charge is 0.223 e. The first-order valence-electron chi connectivity index (χ1n) is 8.35. The van der Waals surface area contributed by atoms with Gasteiger partial charge in [-0.2, -0.15) is 0 Å². The summed E-state index contributed by atoms with van der Waals surface area (Å²) in [6.07, 6.45) is 7.41. The summed E-state index contributed by atoms with van der Waals surface area (Å²) in [6.45, 7) is 5.73. The van der Waals surface area contributed by atoms with Crippen molar-refractivity contribution < 1.29 is 4.79 Å². The number of aromatic nitrogens is 2. The molecule has 0 N–H and O–H groups in total. The van der Waals surface area contributed by atoms with Gasteiger partial charge in [-0.1, -0.05) is 12.8 Å². The largest absolute Gasteiger partial charge is 0.358 e. The molecule has 1 unspecified atom stereocenters. The second-order valence-corrected chi connectivity index (χ2v) is 6.86. The number of carbonyl (C=O) groups is 1. The number of likely N-dealkylation sites (tertiary alicyclic amines) is 1. The second kappa shape index (κ2) is 6.23. The molecule has 1 saturated heterocycles. The Morgan fingerprint density at radius 2 is 2.05 bits per heavy atom. The molecule has 120 valence electrons. The molecule has 3 rings (SSSR count). The predicted octanol–water partition coefficient (Wildman–Crippen LogP) is 2.32. The molecule has 1 aliphatic heterocycles. The second-order valence-electron chi connectivity index (χ2n) is 6.86. The van der Waals surface area contributed by atoms with Crippen LogP contribution >= 0.6 is 0 Å². The molecule has 22 heavy (non-hydrogen) atoms. The van der Waals surface area contributed by atoms with Crippen molar-refractivity contribution in [2.24, 2.45) is 5.92 Å². The van der Waals surface area contributed by atoms with Gasteiger partial charge in [-0.3, -0.25) is 9.78 Å². The van der Waals surface area contributed by atoms with Gasteiger partial charge < -0.3 is 9.80 Å². The van der Waals surface area contributed by atoms with E-state index in [0.29, 0.717) is 24.3 Å². The first kappa shape index (κ1) is 15.3. The van der Waals surface area contributed by atoms with Gasteiger partial charge in [-0.05, 0) is 26.7 Å². The van der Waals surface area contributed by atoms with Gasteiger partial charge in [0.25, 0.3) is 0 Å². The molecule has 5 heteroatoms. The van der Waals surface area contributed by atoms with Gasteiger partial charge >= 0.3 is 0 Å². The van der Waals surface area contributed by atoms with Gasteiger partial charge in [0.1, 0.15) is 5.82 Å². The molecule has 2 fully saturated rings. The zero-order valence-electron chi connectivity index (χ0n) is 13.9. The molecule has 1 aliphatic carbocycles. The summed E-state index contributed by atoms with van der Waals surface area (Å²) in [7, 11) is 2.05. The third-order valence-corrected chi connectivity index (χ3v) is 4.95. The molecule has 1 saturated carbocycles. The highest BCUT2D eigenvalue weighted by atomic mass is 16.2. The van der Waals surface area contributed by atoms with Gasteiger partial charge in [0.15, 0.2) is 0 Å². The van der Waals surface area contributed by atoms with E-state index >= 15 is 0 Å². The number of amides is 1. The highest BCUT2D eigenvalue weighted by molar-refractivity contribution is 5.79. The normalized spacial score (nSPS) is 22.6. The van der Waals surface area contributed by atoms with Crippen LogP contribution < -0.4 is 4.90 Å². The molecule has 1 atom stereocenters. The molecule has 1 aromatic heterocycles. The Hall–Kier alpha value is -1.65. The van der Waals surface area contributed by atoms with Crippen molar-refractivity contribution in [2.75, 3.05) is 25.0 Å². The molecule has 1 aromatic rings. The number of anilines is 1. The number of hydrogen-bond donors (Lipinski definition) is 0. The summed E-state index contributed by atoms with van der Waals surface area (Å²) in [5.41, 5.74) is 1.88. The van der Waals surface area contributed by atoms with Gasteiger partial charge in [0.05, 0.1) is 11.4 Å². The minimum atomic E-state index is 0.345. The average molecular weight is 302 g/mol. The SMILES string of the molecule is Cc1cnc(C)c(N(C)CC2CC(=O)N(C3CCCC3)C2)n1. The van der Waals surface area contributed by atoms with Crippen LogP contribution in [-0.4, -0.2) is 47.0 Å². The van der Waals surface area contributed by atoms with Crippen LogP contribution in [0.15, 0.2) is 6.20 Å². The summed E-state index contributed by atoms with van der Waals surface area (Å²) in [6, 6.07) is 0.503. The minimum Gasteiger partial charge on any atom is -0.358 e. The fourth-order valence-corrected chi connectivity index (χ4v) is 3.86. The molecule has 0 radical (unpaired) electrons. The molecular formula is C17H26N4O. The van der Waals surface area contributed by atoms with Crippen LogP contribution in [0.5, 0.6) is 0 Å². The maximum Gasteiger partial charge on any atom is 0.223 e. The first-order valence-corrected chi connectivity index (χ1v) is 8.35. The lowest BCUT2D eigenvalue weighted by atomic mass is 10.1. The van der Waals surface area contributed by atoms with E-state index < -0.39 is 0 Å². The summed E-state index contributed by atoms with van der Waals surface area (Å²) in [4.78, 5) is 25.6. The van der Waals surface area contributed by atoms with Crippen LogP contribution in [0.3, 0.4) is 0 Å². The maximum absolute atomic E-state index is 12.3. The number of hydrogen-bond acceptors (Lipinski definition) is 4. The molecule has 2 aliphatic rings. The van der Waals surface area contributed by atoms with Crippen LogP contribution in [-0.2, 0) is 4.79 Å². The van der Waals surface area contributed by atoms with E-state index in [1.165, 1.54) is 25.7 Å². The van der Waals surface area contributed by atoms with Crippen molar-refractivity contribution in [3.8, 4) is 0 Å². The van der Waals surface area contributed by atoms with Crippen LogP contribution in [0.4, 0.5) is 5.82 Å². The summed E-state index contributed by atoms with van der Waals surface area (Å²) in [5.74, 6) is 1.68. The topological polar surface area (TPSA) is 49.3 Å². The van der Waals surface area contributed by atoms with E-state index in [1.807, 2.05) is 13.8 Å². The van der Waals surface area contributed by atoms with Gasteiger partial charge in [0, 0.05) is 44.7 Å². The lowest BCUT2D eigenvalue weighted by Gasteiger charge is -2.26. The summed E-state index contributed by atoms with van der Waals surface area (Å²) < 4.78 is 0. The standard InChI is InChI=1S/C17H26N4O/c1-12-9-18-13(2)17(19-12)20(3)10-14-8-16(22)21(11-14)15-6-4-5-7-15/h9,14-15H,4-8,10-11H2,1-3H3. The lowest BCUT2D eigenvalue weighted by Crippen LogP contribution is -2.35. The van der Waals surface area contributed by atoms with E-state index in [4.69, 9.17) is 0 Å². The van der Waals surface area contributed by atoms with Crippen molar-refractivity contribution in [3.05, 3.63) is 17.6 Å². The predicted molar refractivity (Wildman–Crippen MR) is 86.9 cm³/mol. The van der Waals surface area contributed by atoms with Crippen LogP contribution in [0.25, 0.3) is 0 Å². The third-order valence-electron chi connectivity index (χ3n) is 4.95. The quantitative estimate of drug-likeness (QED) is 0.856. The summed E-state index contributed by atoms with van der Waals surface area (Å²) in [5, 5.41) is 0. The number of nitrogens with zero attached hydrogens (tertiary/aromatic N) is 4. The van der Waals surface area contributed by atoms with Crippen molar-refractivity contribution in [1.29, 1.82) is 0 Å². The van der Waals surface area contributed by atoms with E-state index in [9.17, 15) is 4.79 Å². The Labute approximate surface area is 132 Å². The molecule has 0 aromatic carbocycles. The monoisotopic (exact) mass is 302 g/mol. The zero-order valence-corrected chi connectivity index (χ0v) is 13.9. The zero-order chi connectivity index (χ0) is 15.7. The third kappa shape index (κ3) is 3.08. The van der Waals surface area contributed by atoms with E-state index in [-0.39, 0.29) is 0 Å². The summed E-state index contributed by atoms with van der Waals surface area (Å²) >= 11 is 0. The minimum absolute atomic E-state index is 0.345. The van der Waals surface area contributed by atoms with Gasteiger partial charge in [-0.25, -0.2) is 4.98 Å². The molecule has 5 nitrogen and oxygen atoms in total. The van der Waals surface area contributed by atoms with Crippen molar-refractivity contribution in [3.63, 3.8) is 0 Å². The number of rotatable bonds is 4. The molecule has 0 spiro atoms. The molecule has 2 heterocycles. The van der Waals surface area contributed by atoms with Crippen molar-refractivity contribution in [1.82, 2.24) is 14.9 Å². The van der Waals surface area contributed by atoms with Crippen molar-refractivity contribution in [2.45, 2.75) is 52.0 Å². The lowest BCUT2D eigenvalue weighted by molar-refractivity contribution is -0.129. The highest BCUT2D eigenvalue weighted by Gasteiger charge is 2.35.